The minimum atomic E-state index is -0.117. The van der Waals surface area contributed by atoms with Crippen LogP contribution in [-0.2, 0) is 0 Å². The summed E-state index contributed by atoms with van der Waals surface area (Å²) in [5.74, 6) is 0. The third-order valence-electron chi connectivity index (χ3n) is 2.95. The molecule has 0 bridgehead atoms. The van der Waals surface area contributed by atoms with Crippen molar-refractivity contribution >= 4 is 11.3 Å². The first-order valence-corrected chi connectivity index (χ1v) is 6.79. The summed E-state index contributed by atoms with van der Waals surface area (Å²) in [6, 6.07) is 0.493. The summed E-state index contributed by atoms with van der Waals surface area (Å²) >= 11 is 1.74. The monoisotopic (exact) mass is 239 g/mol. The first kappa shape index (κ1) is 12.0. The Morgan fingerprint density at radius 1 is 1.62 bits per heavy atom. The number of hydrogen-bond acceptors (Lipinski definition) is 4. The molecule has 16 heavy (non-hydrogen) atoms. The molecule has 0 spiro atoms. The molecule has 0 aliphatic carbocycles. The molecule has 90 valence electrons. The van der Waals surface area contributed by atoms with Gasteiger partial charge in [-0.25, -0.2) is 4.98 Å². The maximum absolute atomic E-state index is 6.10. The standard InChI is InChI=1S/C12H21N3S/c1-9-14-10(7-16-9)11-5-4-6-15(11)8-12(2,3)13/h7,11H,4-6,8,13H2,1-3H3. The van der Waals surface area contributed by atoms with Gasteiger partial charge in [-0.3, -0.25) is 4.90 Å². The van der Waals surface area contributed by atoms with E-state index in [0.717, 1.165) is 18.1 Å². The number of hydrogen-bond donors (Lipinski definition) is 1. The number of thiazole rings is 1. The molecule has 2 rings (SSSR count). The Labute approximate surface area is 102 Å². The zero-order valence-corrected chi connectivity index (χ0v) is 11.2. The molecule has 1 fully saturated rings. The van der Waals surface area contributed by atoms with Crippen LogP contribution in [0.3, 0.4) is 0 Å². The Hall–Kier alpha value is -0.450. The van der Waals surface area contributed by atoms with Crippen molar-refractivity contribution in [3.8, 4) is 0 Å². The van der Waals surface area contributed by atoms with Crippen molar-refractivity contribution < 1.29 is 0 Å². The highest BCUT2D eigenvalue weighted by molar-refractivity contribution is 7.09. The molecule has 1 saturated heterocycles. The van der Waals surface area contributed by atoms with Crippen molar-refractivity contribution in [1.29, 1.82) is 0 Å². The highest BCUT2D eigenvalue weighted by Crippen LogP contribution is 2.32. The van der Waals surface area contributed by atoms with Crippen LogP contribution >= 0.6 is 11.3 Å². The van der Waals surface area contributed by atoms with E-state index >= 15 is 0 Å². The fourth-order valence-corrected chi connectivity index (χ4v) is 3.07. The zero-order valence-electron chi connectivity index (χ0n) is 10.4. The lowest BCUT2D eigenvalue weighted by molar-refractivity contribution is 0.208. The molecule has 1 unspecified atom stereocenters. The Bertz CT molecular complexity index is 353. The Balaban J connectivity index is 2.09. The minimum Gasteiger partial charge on any atom is -0.324 e. The van der Waals surface area contributed by atoms with Crippen LogP contribution in [0.25, 0.3) is 0 Å². The van der Waals surface area contributed by atoms with E-state index < -0.39 is 0 Å². The van der Waals surface area contributed by atoms with E-state index in [1.165, 1.54) is 18.5 Å². The van der Waals surface area contributed by atoms with Gasteiger partial charge in [0.05, 0.1) is 16.7 Å². The van der Waals surface area contributed by atoms with Crippen LogP contribution in [0.4, 0.5) is 0 Å². The molecule has 1 aromatic rings. The second kappa shape index (κ2) is 4.43. The Morgan fingerprint density at radius 3 is 2.94 bits per heavy atom. The third kappa shape index (κ3) is 2.81. The van der Waals surface area contributed by atoms with Crippen molar-refractivity contribution in [2.75, 3.05) is 13.1 Å². The lowest BCUT2D eigenvalue weighted by atomic mass is 10.1. The van der Waals surface area contributed by atoms with Crippen molar-refractivity contribution in [2.24, 2.45) is 5.73 Å². The lowest BCUT2D eigenvalue weighted by Gasteiger charge is -2.30. The van der Waals surface area contributed by atoms with Gasteiger partial charge in [0.25, 0.3) is 0 Å². The second-order valence-corrected chi connectivity index (χ2v) is 6.47. The first-order chi connectivity index (χ1) is 7.46. The summed E-state index contributed by atoms with van der Waals surface area (Å²) in [5, 5.41) is 3.36. The van der Waals surface area contributed by atoms with Gasteiger partial charge in [-0.2, -0.15) is 0 Å². The highest BCUT2D eigenvalue weighted by Gasteiger charge is 2.30. The van der Waals surface area contributed by atoms with E-state index in [-0.39, 0.29) is 5.54 Å². The van der Waals surface area contributed by atoms with Gasteiger partial charge in [-0.15, -0.1) is 11.3 Å². The summed E-state index contributed by atoms with van der Waals surface area (Å²) in [4.78, 5) is 7.09. The maximum atomic E-state index is 6.10. The number of nitrogens with two attached hydrogens (primary N) is 1. The summed E-state index contributed by atoms with van der Waals surface area (Å²) < 4.78 is 0. The van der Waals surface area contributed by atoms with Crippen LogP contribution in [0.1, 0.15) is 43.4 Å². The van der Waals surface area contributed by atoms with E-state index in [1.807, 2.05) is 0 Å². The molecule has 3 nitrogen and oxygen atoms in total. The van der Waals surface area contributed by atoms with Crippen LogP contribution in [0.5, 0.6) is 0 Å². The van der Waals surface area contributed by atoms with Gasteiger partial charge in [0.1, 0.15) is 0 Å². The highest BCUT2D eigenvalue weighted by atomic mass is 32.1. The maximum Gasteiger partial charge on any atom is 0.0898 e. The van der Waals surface area contributed by atoms with E-state index in [4.69, 9.17) is 5.73 Å². The van der Waals surface area contributed by atoms with Gasteiger partial charge in [0.2, 0.25) is 0 Å². The Kier molecular flexibility index (Phi) is 3.33. The third-order valence-corrected chi connectivity index (χ3v) is 3.74. The molecule has 1 aliphatic heterocycles. The van der Waals surface area contributed by atoms with E-state index in [1.54, 1.807) is 11.3 Å². The smallest absolute Gasteiger partial charge is 0.0898 e. The molecule has 0 radical (unpaired) electrons. The van der Waals surface area contributed by atoms with Gasteiger partial charge >= 0.3 is 0 Å². The van der Waals surface area contributed by atoms with E-state index in [2.05, 4.69) is 36.0 Å². The fourth-order valence-electron chi connectivity index (χ4n) is 2.41. The van der Waals surface area contributed by atoms with Crippen LogP contribution in [0.15, 0.2) is 5.38 Å². The van der Waals surface area contributed by atoms with E-state index in [0.29, 0.717) is 6.04 Å². The molecule has 1 atom stereocenters. The summed E-state index contributed by atoms with van der Waals surface area (Å²) in [6.45, 7) is 8.36. The summed E-state index contributed by atoms with van der Waals surface area (Å²) in [6.07, 6.45) is 2.48. The van der Waals surface area contributed by atoms with Crippen molar-refractivity contribution in [3.05, 3.63) is 16.1 Å². The minimum absolute atomic E-state index is 0.117. The van der Waals surface area contributed by atoms with Gasteiger partial charge in [0, 0.05) is 17.5 Å². The van der Waals surface area contributed by atoms with Crippen molar-refractivity contribution in [1.82, 2.24) is 9.88 Å². The number of likely N-dealkylation sites (tertiary alicyclic amines) is 1. The van der Waals surface area contributed by atoms with Crippen LogP contribution < -0.4 is 5.73 Å². The largest absolute Gasteiger partial charge is 0.324 e. The number of nitrogens with zero attached hydrogens (tertiary/aromatic N) is 2. The molecule has 0 amide bonds. The summed E-state index contributed by atoms with van der Waals surface area (Å²) in [5.41, 5.74) is 7.22. The first-order valence-electron chi connectivity index (χ1n) is 5.91. The summed E-state index contributed by atoms with van der Waals surface area (Å²) in [7, 11) is 0. The van der Waals surface area contributed by atoms with Crippen LogP contribution in [-0.4, -0.2) is 28.5 Å². The Morgan fingerprint density at radius 2 is 2.38 bits per heavy atom. The molecule has 2 heterocycles. The normalized spacial score (nSPS) is 22.9. The number of rotatable bonds is 3. The quantitative estimate of drug-likeness (QED) is 0.880. The van der Waals surface area contributed by atoms with Crippen molar-refractivity contribution in [2.45, 2.75) is 45.2 Å². The number of aromatic nitrogens is 1. The molecule has 0 saturated carbocycles. The van der Waals surface area contributed by atoms with E-state index in [9.17, 15) is 0 Å². The van der Waals surface area contributed by atoms with Gasteiger partial charge < -0.3 is 5.73 Å². The molecular formula is C12H21N3S. The van der Waals surface area contributed by atoms with Gasteiger partial charge in [-0.1, -0.05) is 0 Å². The average molecular weight is 239 g/mol. The van der Waals surface area contributed by atoms with Crippen LogP contribution in [0.2, 0.25) is 0 Å². The van der Waals surface area contributed by atoms with Crippen LogP contribution in [0, 0.1) is 6.92 Å². The molecule has 4 heteroatoms. The van der Waals surface area contributed by atoms with Gasteiger partial charge in [-0.05, 0) is 40.2 Å². The molecule has 1 aliphatic rings. The molecule has 1 aromatic heterocycles. The predicted octanol–water partition coefficient (Wildman–Crippen LogP) is 2.33. The molecular weight excluding hydrogens is 218 g/mol. The average Bonchev–Trinajstić information content (AvgIpc) is 2.71. The van der Waals surface area contributed by atoms with Gasteiger partial charge in [0.15, 0.2) is 0 Å². The molecule has 0 aromatic carbocycles. The predicted molar refractivity (Wildman–Crippen MR) is 68.7 cm³/mol. The topological polar surface area (TPSA) is 42.2 Å². The second-order valence-electron chi connectivity index (χ2n) is 5.41. The SMILES string of the molecule is Cc1nc(C2CCCN2CC(C)(C)N)cs1. The number of aryl methyl sites for hydroxylation is 1. The zero-order chi connectivity index (χ0) is 11.8. The fraction of sp³-hybridized carbons (Fsp3) is 0.750. The van der Waals surface area contributed by atoms with Crippen molar-refractivity contribution in [3.63, 3.8) is 0 Å². The molecule has 2 N–H and O–H groups in total. The lowest BCUT2D eigenvalue weighted by Crippen LogP contribution is -2.45.